The molecule has 102 valence electrons. The molecule has 1 saturated carbocycles. The van der Waals surface area contributed by atoms with E-state index in [0.717, 1.165) is 6.54 Å². The summed E-state index contributed by atoms with van der Waals surface area (Å²) in [7, 11) is 2.02. The zero-order chi connectivity index (χ0) is 13.1. The van der Waals surface area contributed by atoms with E-state index in [1.165, 1.54) is 31.4 Å². The predicted molar refractivity (Wildman–Crippen MR) is 74.2 cm³/mol. The molecular formula is C14H26N4. The molecule has 1 heterocycles. The molecule has 1 aliphatic rings. The molecule has 0 amide bonds. The summed E-state index contributed by atoms with van der Waals surface area (Å²) in [5, 5.41) is 4.28. The van der Waals surface area contributed by atoms with Crippen molar-refractivity contribution in [3.63, 3.8) is 0 Å². The predicted octanol–water partition coefficient (Wildman–Crippen LogP) is 2.07. The maximum atomic E-state index is 6.00. The first-order valence-electron chi connectivity index (χ1n) is 7.12. The van der Waals surface area contributed by atoms with Gasteiger partial charge in [-0.2, -0.15) is 5.10 Å². The lowest BCUT2D eigenvalue weighted by molar-refractivity contribution is 0.110. The number of hydrogen-bond donors (Lipinski definition) is 1. The Morgan fingerprint density at radius 3 is 2.61 bits per heavy atom. The average Bonchev–Trinajstić information content (AvgIpc) is 2.78. The highest BCUT2D eigenvalue weighted by Gasteiger charge is 2.28. The minimum atomic E-state index is 0.423. The van der Waals surface area contributed by atoms with Crippen molar-refractivity contribution in [1.29, 1.82) is 0 Å². The van der Waals surface area contributed by atoms with Crippen molar-refractivity contribution in [3.8, 4) is 0 Å². The van der Waals surface area contributed by atoms with Gasteiger partial charge in [-0.3, -0.25) is 9.58 Å². The zero-order valence-corrected chi connectivity index (χ0v) is 11.8. The van der Waals surface area contributed by atoms with Crippen molar-refractivity contribution in [2.24, 2.45) is 12.8 Å². The average molecular weight is 250 g/mol. The molecule has 0 saturated heterocycles. The lowest BCUT2D eigenvalue weighted by atomic mass is 9.90. The van der Waals surface area contributed by atoms with Crippen LogP contribution in [0.25, 0.3) is 0 Å². The number of rotatable bonds is 4. The third kappa shape index (κ3) is 2.75. The fourth-order valence-corrected chi connectivity index (χ4v) is 3.25. The normalized spacial score (nSPS) is 26.5. The standard InChI is InChI=1S/C14H26N4/c1-4-18(13-7-5-12(15)6-8-13)11(2)14-9-10-16-17(14)3/h9-13H,4-8,15H2,1-3H3. The quantitative estimate of drug-likeness (QED) is 0.890. The fourth-order valence-electron chi connectivity index (χ4n) is 3.25. The number of hydrogen-bond acceptors (Lipinski definition) is 3. The number of aromatic nitrogens is 2. The zero-order valence-electron chi connectivity index (χ0n) is 11.8. The minimum absolute atomic E-state index is 0.423. The van der Waals surface area contributed by atoms with Crippen LogP contribution in [0.5, 0.6) is 0 Å². The van der Waals surface area contributed by atoms with Gasteiger partial charge in [0.05, 0.1) is 5.69 Å². The van der Waals surface area contributed by atoms with E-state index in [1.807, 2.05) is 17.9 Å². The molecule has 18 heavy (non-hydrogen) atoms. The highest BCUT2D eigenvalue weighted by molar-refractivity contribution is 5.06. The van der Waals surface area contributed by atoms with Crippen LogP contribution < -0.4 is 5.73 Å². The van der Waals surface area contributed by atoms with E-state index >= 15 is 0 Å². The molecule has 4 heteroatoms. The topological polar surface area (TPSA) is 47.1 Å². The fraction of sp³-hybridized carbons (Fsp3) is 0.786. The Kier molecular flexibility index (Phi) is 4.40. The minimum Gasteiger partial charge on any atom is -0.328 e. The van der Waals surface area contributed by atoms with Gasteiger partial charge in [-0.05, 0) is 45.2 Å². The highest BCUT2D eigenvalue weighted by atomic mass is 15.3. The van der Waals surface area contributed by atoms with Gasteiger partial charge in [0, 0.05) is 31.4 Å². The molecule has 0 aromatic carbocycles. The first kappa shape index (κ1) is 13.6. The molecule has 0 radical (unpaired) electrons. The molecule has 1 aromatic rings. The van der Waals surface area contributed by atoms with E-state index in [-0.39, 0.29) is 0 Å². The van der Waals surface area contributed by atoms with E-state index in [1.54, 1.807) is 0 Å². The molecule has 1 aromatic heterocycles. The molecular weight excluding hydrogens is 224 g/mol. The lowest BCUT2D eigenvalue weighted by Gasteiger charge is -2.39. The van der Waals surface area contributed by atoms with Crippen LogP contribution in [0.1, 0.15) is 51.3 Å². The summed E-state index contributed by atoms with van der Waals surface area (Å²) in [4.78, 5) is 2.60. The van der Waals surface area contributed by atoms with Crippen LogP contribution in [0.3, 0.4) is 0 Å². The lowest BCUT2D eigenvalue weighted by Crippen LogP contribution is -2.42. The Balaban J connectivity index is 2.06. The van der Waals surface area contributed by atoms with Crippen LogP contribution in [0, 0.1) is 0 Å². The van der Waals surface area contributed by atoms with Gasteiger partial charge in [0.15, 0.2) is 0 Å². The third-order valence-electron chi connectivity index (χ3n) is 4.36. The Morgan fingerprint density at radius 1 is 1.44 bits per heavy atom. The summed E-state index contributed by atoms with van der Waals surface area (Å²) in [6.07, 6.45) is 6.68. The van der Waals surface area contributed by atoms with Gasteiger partial charge < -0.3 is 5.73 Å². The molecule has 2 rings (SSSR count). The van der Waals surface area contributed by atoms with Crippen molar-refractivity contribution < 1.29 is 0 Å². The number of aryl methyl sites for hydroxylation is 1. The van der Waals surface area contributed by atoms with E-state index in [0.29, 0.717) is 18.1 Å². The Bertz CT molecular complexity index is 366. The van der Waals surface area contributed by atoms with Crippen molar-refractivity contribution in [2.75, 3.05) is 6.54 Å². The van der Waals surface area contributed by atoms with Gasteiger partial charge in [0.2, 0.25) is 0 Å². The van der Waals surface area contributed by atoms with Gasteiger partial charge in [-0.15, -0.1) is 0 Å². The summed E-state index contributed by atoms with van der Waals surface area (Å²) < 4.78 is 1.99. The Morgan fingerprint density at radius 2 is 2.11 bits per heavy atom. The van der Waals surface area contributed by atoms with Crippen molar-refractivity contribution >= 4 is 0 Å². The SMILES string of the molecule is CCN(C1CCC(N)CC1)C(C)c1ccnn1C. The van der Waals surface area contributed by atoms with E-state index in [9.17, 15) is 0 Å². The van der Waals surface area contributed by atoms with Gasteiger partial charge in [-0.1, -0.05) is 6.92 Å². The van der Waals surface area contributed by atoms with Crippen LogP contribution in [0.15, 0.2) is 12.3 Å². The van der Waals surface area contributed by atoms with Crippen molar-refractivity contribution in [3.05, 3.63) is 18.0 Å². The van der Waals surface area contributed by atoms with Crippen LogP contribution in [-0.4, -0.2) is 33.3 Å². The summed E-state index contributed by atoms with van der Waals surface area (Å²) >= 11 is 0. The van der Waals surface area contributed by atoms with Gasteiger partial charge in [0.1, 0.15) is 0 Å². The maximum absolute atomic E-state index is 6.00. The van der Waals surface area contributed by atoms with Gasteiger partial charge in [-0.25, -0.2) is 0 Å². The van der Waals surface area contributed by atoms with E-state index in [4.69, 9.17) is 5.73 Å². The molecule has 4 nitrogen and oxygen atoms in total. The van der Waals surface area contributed by atoms with Crippen molar-refractivity contribution in [2.45, 2.75) is 57.7 Å². The molecule has 1 atom stereocenters. The Labute approximate surface area is 110 Å². The second-order valence-corrected chi connectivity index (χ2v) is 5.45. The second-order valence-electron chi connectivity index (χ2n) is 5.45. The van der Waals surface area contributed by atoms with Crippen molar-refractivity contribution in [1.82, 2.24) is 14.7 Å². The molecule has 1 unspecified atom stereocenters. The van der Waals surface area contributed by atoms with Crippen LogP contribution in [-0.2, 0) is 7.05 Å². The Hall–Kier alpha value is -0.870. The number of nitrogens with two attached hydrogens (primary N) is 1. The molecule has 0 spiro atoms. The molecule has 2 N–H and O–H groups in total. The molecule has 0 aliphatic heterocycles. The maximum Gasteiger partial charge on any atom is 0.0549 e. The summed E-state index contributed by atoms with van der Waals surface area (Å²) in [6, 6.07) is 3.66. The third-order valence-corrected chi connectivity index (χ3v) is 4.36. The van der Waals surface area contributed by atoms with E-state index < -0.39 is 0 Å². The molecule has 0 bridgehead atoms. The van der Waals surface area contributed by atoms with Crippen LogP contribution in [0.4, 0.5) is 0 Å². The van der Waals surface area contributed by atoms with Gasteiger partial charge >= 0.3 is 0 Å². The number of nitrogens with zero attached hydrogens (tertiary/aromatic N) is 3. The monoisotopic (exact) mass is 250 g/mol. The highest BCUT2D eigenvalue weighted by Crippen LogP contribution is 2.29. The summed E-state index contributed by atoms with van der Waals surface area (Å²) in [5.41, 5.74) is 7.30. The van der Waals surface area contributed by atoms with Crippen LogP contribution >= 0.6 is 0 Å². The second kappa shape index (κ2) is 5.85. The largest absolute Gasteiger partial charge is 0.328 e. The molecule has 1 fully saturated rings. The smallest absolute Gasteiger partial charge is 0.0549 e. The van der Waals surface area contributed by atoms with E-state index in [2.05, 4.69) is 29.9 Å². The van der Waals surface area contributed by atoms with Gasteiger partial charge in [0.25, 0.3) is 0 Å². The van der Waals surface area contributed by atoms with Crippen LogP contribution in [0.2, 0.25) is 0 Å². The molecule has 1 aliphatic carbocycles. The summed E-state index contributed by atoms with van der Waals surface area (Å²) in [5.74, 6) is 0. The summed E-state index contributed by atoms with van der Waals surface area (Å²) in [6.45, 7) is 5.63. The first-order valence-corrected chi connectivity index (χ1v) is 7.12. The first-order chi connectivity index (χ1) is 8.63.